The molecule has 100 valence electrons. The molecule has 0 bridgehead atoms. The fourth-order valence-electron chi connectivity index (χ4n) is 1.60. The van der Waals surface area contributed by atoms with E-state index >= 15 is 0 Å². The summed E-state index contributed by atoms with van der Waals surface area (Å²) in [4.78, 5) is 20.1. The molecular formula is C13H16N4OS. The van der Waals surface area contributed by atoms with Crippen LogP contribution in [0.2, 0.25) is 0 Å². The Hall–Kier alpha value is -1.95. The lowest BCUT2D eigenvalue weighted by Gasteiger charge is -2.06. The van der Waals surface area contributed by atoms with Crippen molar-refractivity contribution < 1.29 is 4.79 Å². The number of thiazole rings is 1. The molecule has 0 fully saturated rings. The number of carbonyl (C=O) groups excluding carboxylic acids is 1. The Morgan fingerprint density at radius 1 is 1.47 bits per heavy atom. The molecule has 0 aliphatic rings. The van der Waals surface area contributed by atoms with Crippen molar-refractivity contribution in [3.63, 3.8) is 0 Å². The molecule has 0 aliphatic heterocycles. The largest absolute Gasteiger partial charge is 0.379 e. The summed E-state index contributed by atoms with van der Waals surface area (Å²) < 4.78 is 0. The normalized spacial score (nSPS) is 10.2. The van der Waals surface area contributed by atoms with Gasteiger partial charge in [0.1, 0.15) is 5.69 Å². The first-order valence-corrected chi connectivity index (χ1v) is 6.96. The second-order valence-corrected chi connectivity index (χ2v) is 5.06. The van der Waals surface area contributed by atoms with E-state index in [0.29, 0.717) is 18.8 Å². The maximum Gasteiger partial charge on any atom is 0.269 e. The maximum absolute atomic E-state index is 11.7. The number of hydrogen-bond acceptors (Lipinski definition) is 5. The van der Waals surface area contributed by atoms with E-state index in [0.717, 1.165) is 16.4 Å². The van der Waals surface area contributed by atoms with Crippen molar-refractivity contribution in [3.05, 3.63) is 40.1 Å². The fraction of sp³-hybridized carbons (Fsp3) is 0.308. The molecule has 0 unspecified atom stereocenters. The maximum atomic E-state index is 11.7. The molecule has 0 saturated heterocycles. The molecule has 5 nitrogen and oxygen atoms in total. The van der Waals surface area contributed by atoms with Gasteiger partial charge in [0.25, 0.3) is 5.91 Å². The number of aromatic nitrogens is 2. The van der Waals surface area contributed by atoms with Crippen LogP contribution in [-0.4, -0.2) is 22.4 Å². The minimum atomic E-state index is -0.157. The number of aryl methyl sites for hydroxylation is 1. The SMILES string of the molecule is CCNC(=O)c1cc(NCc2csc(C)n2)ccn1. The smallest absolute Gasteiger partial charge is 0.269 e. The molecule has 0 saturated carbocycles. The number of nitrogens with one attached hydrogen (secondary N) is 2. The lowest BCUT2D eigenvalue weighted by atomic mass is 10.3. The number of pyridine rings is 1. The van der Waals surface area contributed by atoms with E-state index in [4.69, 9.17) is 0 Å². The average Bonchev–Trinajstić information content (AvgIpc) is 2.83. The monoisotopic (exact) mass is 276 g/mol. The standard InChI is InChI=1S/C13H16N4OS/c1-3-14-13(18)12-6-10(4-5-15-12)16-7-11-8-19-9(2)17-11/h4-6,8H,3,7H2,1-2H3,(H,14,18)(H,15,16). The highest BCUT2D eigenvalue weighted by atomic mass is 32.1. The first-order valence-electron chi connectivity index (χ1n) is 6.08. The van der Waals surface area contributed by atoms with Crippen molar-refractivity contribution in [2.24, 2.45) is 0 Å². The summed E-state index contributed by atoms with van der Waals surface area (Å²) in [6.45, 7) is 5.10. The molecule has 19 heavy (non-hydrogen) atoms. The zero-order valence-electron chi connectivity index (χ0n) is 10.9. The van der Waals surface area contributed by atoms with Crippen molar-refractivity contribution in [2.45, 2.75) is 20.4 Å². The Labute approximate surface area is 116 Å². The van der Waals surface area contributed by atoms with Gasteiger partial charge in [-0.2, -0.15) is 0 Å². The summed E-state index contributed by atoms with van der Waals surface area (Å²) in [7, 11) is 0. The van der Waals surface area contributed by atoms with Crippen LogP contribution < -0.4 is 10.6 Å². The highest BCUT2D eigenvalue weighted by molar-refractivity contribution is 7.09. The molecule has 0 radical (unpaired) electrons. The summed E-state index contributed by atoms with van der Waals surface area (Å²) in [5.41, 5.74) is 2.28. The number of hydrogen-bond donors (Lipinski definition) is 2. The van der Waals surface area contributed by atoms with Gasteiger partial charge in [0.05, 0.1) is 17.2 Å². The Morgan fingerprint density at radius 2 is 2.32 bits per heavy atom. The van der Waals surface area contributed by atoms with E-state index in [1.165, 1.54) is 0 Å². The summed E-state index contributed by atoms with van der Waals surface area (Å²) >= 11 is 1.63. The van der Waals surface area contributed by atoms with Crippen LogP contribution in [0.1, 0.15) is 28.1 Å². The minimum absolute atomic E-state index is 0.157. The summed E-state index contributed by atoms with van der Waals surface area (Å²) in [5.74, 6) is -0.157. The third kappa shape index (κ3) is 3.75. The topological polar surface area (TPSA) is 66.9 Å². The van der Waals surface area contributed by atoms with Gasteiger partial charge < -0.3 is 10.6 Å². The van der Waals surface area contributed by atoms with E-state index in [1.54, 1.807) is 23.6 Å². The number of amides is 1. The summed E-state index contributed by atoms with van der Waals surface area (Å²) in [6.07, 6.45) is 1.62. The lowest BCUT2D eigenvalue weighted by Crippen LogP contribution is -2.23. The Balaban J connectivity index is 2.00. The molecule has 2 heterocycles. The molecular weight excluding hydrogens is 260 g/mol. The van der Waals surface area contributed by atoms with Crippen LogP contribution >= 0.6 is 11.3 Å². The van der Waals surface area contributed by atoms with Crippen molar-refractivity contribution in [2.75, 3.05) is 11.9 Å². The first kappa shape index (κ1) is 13.5. The van der Waals surface area contributed by atoms with E-state index in [1.807, 2.05) is 25.3 Å². The molecule has 2 aromatic heterocycles. The van der Waals surface area contributed by atoms with Gasteiger partial charge in [0.15, 0.2) is 0 Å². The quantitative estimate of drug-likeness (QED) is 0.878. The van der Waals surface area contributed by atoms with Gasteiger partial charge >= 0.3 is 0 Å². The van der Waals surface area contributed by atoms with Gasteiger partial charge in [-0.3, -0.25) is 9.78 Å². The molecule has 2 rings (SSSR count). The number of anilines is 1. The molecule has 0 aliphatic carbocycles. The van der Waals surface area contributed by atoms with Crippen molar-refractivity contribution >= 4 is 22.9 Å². The number of nitrogens with zero attached hydrogens (tertiary/aromatic N) is 2. The average molecular weight is 276 g/mol. The zero-order valence-corrected chi connectivity index (χ0v) is 11.8. The van der Waals surface area contributed by atoms with E-state index < -0.39 is 0 Å². The highest BCUT2D eigenvalue weighted by Gasteiger charge is 2.06. The van der Waals surface area contributed by atoms with Gasteiger partial charge in [-0.15, -0.1) is 11.3 Å². The van der Waals surface area contributed by atoms with Crippen molar-refractivity contribution in [1.82, 2.24) is 15.3 Å². The fourth-order valence-corrected chi connectivity index (χ4v) is 2.21. The van der Waals surface area contributed by atoms with Crippen LogP contribution in [-0.2, 0) is 6.54 Å². The van der Waals surface area contributed by atoms with E-state index in [9.17, 15) is 4.79 Å². The first-order chi connectivity index (χ1) is 9.19. The predicted octanol–water partition coefficient (Wildman–Crippen LogP) is 2.21. The Bertz CT molecular complexity index is 567. The van der Waals surface area contributed by atoms with Gasteiger partial charge in [0.2, 0.25) is 0 Å². The Morgan fingerprint density at radius 3 is 3.00 bits per heavy atom. The Kier molecular flexibility index (Phi) is 4.46. The highest BCUT2D eigenvalue weighted by Crippen LogP contribution is 2.12. The summed E-state index contributed by atoms with van der Waals surface area (Å²) in [6, 6.07) is 3.58. The van der Waals surface area contributed by atoms with Crippen LogP contribution in [0.25, 0.3) is 0 Å². The van der Waals surface area contributed by atoms with Gasteiger partial charge in [-0.25, -0.2) is 4.98 Å². The molecule has 6 heteroatoms. The number of carbonyl (C=O) groups is 1. The lowest BCUT2D eigenvalue weighted by molar-refractivity contribution is 0.0951. The molecule has 2 N–H and O–H groups in total. The third-order valence-electron chi connectivity index (χ3n) is 2.47. The second kappa shape index (κ2) is 6.29. The molecule has 0 spiro atoms. The van der Waals surface area contributed by atoms with Gasteiger partial charge in [-0.1, -0.05) is 0 Å². The molecule has 2 aromatic rings. The minimum Gasteiger partial charge on any atom is -0.379 e. The van der Waals surface area contributed by atoms with Crippen LogP contribution in [0.15, 0.2) is 23.7 Å². The van der Waals surface area contributed by atoms with Gasteiger partial charge in [-0.05, 0) is 26.0 Å². The van der Waals surface area contributed by atoms with Crippen molar-refractivity contribution in [1.29, 1.82) is 0 Å². The van der Waals surface area contributed by atoms with Crippen molar-refractivity contribution in [3.8, 4) is 0 Å². The van der Waals surface area contributed by atoms with E-state index in [-0.39, 0.29) is 5.91 Å². The second-order valence-electron chi connectivity index (χ2n) is 4.00. The zero-order chi connectivity index (χ0) is 13.7. The van der Waals surface area contributed by atoms with Crippen LogP contribution in [0.4, 0.5) is 5.69 Å². The van der Waals surface area contributed by atoms with Gasteiger partial charge in [0, 0.05) is 23.8 Å². The number of rotatable bonds is 5. The molecule has 1 amide bonds. The predicted molar refractivity (Wildman–Crippen MR) is 76.4 cm³/mol. The van der Waals surface area contributed by atoms with Crippen LogP contribution in [0, 0.1) is 6.92 Å². The van der Waals surface area contributed by atoms with E-state index in [2.05, 4.69) is 20.6 Å². The summed E-state index contributed by atoms with van der Waals surface area (Å²) in [5, 5.41) is 9.03. The molecule has 0 atom stereocenters. The van der Waals surface area contributed by atoms with Crippen LogP contribution in [0.5, 0.6) is 0 Å². The van der Waals surface area contributed by atoms with Crippen LogP contribution in [0.3, 0.4) is 0 Å². The third-order valence-corrected chi connectivity index (χ3v) is 3.29. The molecule has 0 aromatic carbocycles.